The molecule has 0 saturated carbocycles. The summed E-state index contributed by atoms with van der Waals surface area (Å²) in [4.78, 5) is 15.2. The first-order valence-electron chi connectivity index (χ1n) is 8.51. The molecule has 0 radical (unpaired) electrons. The van der Waals surface area contributed by atoms with E-state index in [1.807, 2.05) is 24.3 Å². The number of nitrogens with zero attached hydrogens (tertiary/aromatic N) is 1. The van der Waals surface area contributed by atoms with Gasteiger partial charge in [-0.05, 0) is 30.0 Å². The van der Waals surface area contributed by atoms with E-state index in [9.17, 15) is 4.79 Å². The zero-order valence-corrected chi connectivity index (χ0v) is 15.0. The highest BCUT2D eigenvalue weighted by molar-refractivity contribution is 9.10. The predicted molar refractivity (Wildman–Crippen MR) is 99.2 cm³/mol. The molecule has 0 aromatic heterocycles. The maximum atomic E-state index is 13.1. The number of carbonyl (C=O) groups excluding carboxylic acids is 1. The molecule has 0 bridgehead atoms. The van der Waals surface area contributed by atoms with E-state index in [2.05, 4.69) is 63.3 Å². The molecular weight excluding hydrogens is 362 g/mol. The Hall–Kier alpha value is -1.87. The van der Waals surface area contributed by atoms with Gasteiger partial charge in [-0.3, -0.25) is 4.79 Å². The van der Waals surface area contributed by atoms with Crippen LogP contribution in [0.15, 0.2) is 71.2 Å². The van der Waals surface area contributed by atoms with Crippen molar-refractivity contribution in [2.75, 3.05) is 0 Å². The van der Waals surface area contributed by atoms with E-state index < -0.39 is 0 Å². The van der Waals surface area contributed by atoms with Crippen LogP contribution in [0.25, 0.3) is 0 Å². The molecule has 2 aliphatic rings. The third kappa shape index (κ3) is 2.71. The first-order valence-corrected chi connectivity index (χ1v) is 9.30. The molecule has 1 heterocycles. The van der Waals surface area contributed by atoms with Crippen molar-refractivity contribution >= 4 is 21.8 Å². The molecule has 1 fully saturated rings. The van der Waals surface area contributed by atoms with Crippen LogP contribution < -0.4 is 0 Å². The summed E-state index contributed by atoms with van der Waals surface area (Å²) < 4.78 is 1.08. The van der Waals surface area contributed by atoms with Gasteiger partial charge in [0.05, 0.1) is 6.04 Å². The average molecular weight is 382 g/mol. The van der Waals surface area contributed by atoms with E-state index in [0.717, 1.165) is 17.3 Å². The van der Waals surface area contributed by atoms with E-state index in [0.29, 0.717) is 12.5 Å². The lowest BCUT2D eigenvalue weighted by molar-refractivity contribution is -0.132. The molecule has 0 unspecified atom stereocenters. The van der Waals surface area contributed by atoms with Gasteiger partial charge in [0.25, 0.3) is 0 Å². The number of halogens is 1. The second-order valence-electron chi connectivity index (χ2n) is 6.61. The fraction of sp³-hybridized carbons (Fsp3) is 0.286. The molecule has 1 aliphatic heterocycles. The number of rotatable bonds is 3. The number of hydrogen-bond acceptors (Lipinski definition) is 1. The summed E-state index contributed by atoms with van der Waals surface area (Å²) in [7, 11) is 0. The molecule has 1 aliphatic carbocycles. The van der Waals surface area contributed by atoms with Gasteiger partial charge in [0.1, 0.15) is 0 Å². The molecular formula is C21H20BrNO. The van der Waals surface area contributed by atoms with Gasteiger partial charge in [-0.1, -0.05) is 76.6 Å². The standard InChI is InChI=1S/C21H20BrNO/c22-19-13-7-6-12-18(19)20-16-10-4-5-11-17(16)21(24)23(20)14-15-8-2-1-3-9-15/h1-4,6-10,12-13,16-17,20H,5,11,14H2/t16-,17-,20+/m0/s1. The summed E-state index contributed by atoms with van der Waals surface area (Å²) in [5.74, 6) is 0.693. The van der Waals surface area contributed by atoms with Crippen molar-refractivity contribution in [1.29, 1.82) is 0 Å². The highest BCUT2D eigenvalue weighted by atomic mass is 79.9. The Bertz CT molecular complexity index is 770. The van der Waals surface area contributed by atoms with Crippen LogP contribution in [0.4, 0.5) is 0 Å². The van der Waals surface area contributed by atoms with Gasteiger partial charge < -0.3 is 4.90 Å². The van der Waals surface area contributed by atoms with Crippen LogP contribution >= 0.6 is 15.9 Å². The molecule has 3 atom stereocenters. The molecule has 122 valence electrons. The van der Waals surface area contributed by atoms with E-state index in [4.69, 9.17) is 0 Å². The summed E-state index contributed by atoms with van der Waals surface area (Å²) in [5, 5.41) is 0. The smallest absolute Gasteiger partial charge is 0.227 e. The average Bonchev–Trinajstić information content (AvgIpc) is 2.89. The van der Waals surface area contributed by atoms with Crippen LogP contribution in [0.1, 0.15) is 30.0 Å². The molecule has 1 amide bonds. The number of hydrogen-bond donors (Lipinski definition) is 0. The minimum Gasteiger partial charge on any atom is -0.330 e. The normalized spacial score (nSPS) is 25.8. The van der Waals surface area contributed by atoms with Crippen LogP contribution in [0.3, 0.4) is 0 Å². The van der Waals surface area contributed by atoms with E-state index >= 15 is 0 Å². The molecule has 24 heavy (non-hydrogen) atoms. The Labute approximate surface area is 151 Å². The first-order chi connectivity index (χ1) is 11.8. The van der Waals surface area contributed by atoms with Crippen molar-refractivity contribution in [1.82, 2.24) is 4.90 Å². The van der Waals surface area contributed by atoms with Crippen LogP contribution in [0.5, 0.6) is 0 Å². The molecule has 4 rings (SSSR count). The molecule has 2 nitrogen and oxygen atoms in total. The van der Waals surface area contributed by atoms with Gasteiger partial charge in [-0.25, -0.2) is 0 Å². The van der Waals surface area contributed by atoms with Crippen molar-refractivity contribution in [3.05, 3.63) is 82.3 Å². The highest BCUT2D eigenvalue weighted by Crippen LogP contribution is 2.48. The monoisotopic (exact) mass is 381 g/mol. The summed E-state index contributed by atoms with van der Waals surface area (Å²) in [6, 6.07) is 18.7. The lowest BCUT2D eigenvalue weighted by Crippen LogP contribution is -2.29. The number of likely N-dealkylation sites (tertiary alicyclic amines) is 1. The van der Waals surface area contributed by atoms with Gasteiger partial charge in [-0.15, -0.1) is 0 Å². The maximum absolute atomic E-state index is 13.1. The molecule has 0 N–H and O–H groups in total. The van der Waals surface area contributed by atoms with E-state index in [1.165, 1.54) is 11.1 Å². The molecule has 2 aromatic rings. The van der Waals surface area contributed by atoms with Gasteiger partial charge in [-0.2, -0.15) is 0 Å². The van der Waals surface area contributed by atoms with Crippen LogP contribution in [-0.2, 0) is 11.3 Å². The van der Waals surface area contributed by atoms with Crippen molar-refractivity contribution in [2.45, 2.75) is 25.4 Å². The fourth-order valence-corrected chi connectivity index (χ4v) is 4.59. The van der Waals surface area contributed by atoms with Crippen molar-refractivity contribution in [2.24, 2.45) is 11.8 Å². The number of carbonyl (C=O) groups is 1. The third-order valence-electron chi connectivity index (χ3n) is 5.19. The van der Waals surface area contributed by atoms with Crippen molar-refractivity contribution in [3.8, 4) is 0 Å². The minimum atomic E-state index is 0.106. The third-order valence-corrected chi connectivity index (χ3v) is 5.91. The highest BCUT2D eigenvalue weighted by Gasteiger charge is 2.48. The number of allylic oxidation sites excluding steroid dienone is 1. The summed E-state index contributed by atoms with van der Waals surface area (Å²) in [5.41, 5.74) is 2.39. The van der Waals surface area contributed by atoms with Crippen LogP contribution in [-0.4, -0.2) is 10.8 Å². The van der Waals surface area contributed by atoms with Crippen molar-refractivity contribution < 1.29 is 4.79 Å². The quantitative estimate of drug-likeness (QED) is 0.676. The van der Waals surface area contributed by atoms with Gasteiger partial charge in [0.2, 0.25) is 5.91 Å². The summed E-state index contributed by atoms with van der Waals surface area (Å²) in [6.07, 6.45) is 6.48. The zero-order valence-electron chi connectivity index (χ0n) is 13.4. The van der Waals surface area contributed by atoms with Gasteiger partial charge in [0.15, 0.2) is 0 Å². The Balaban J connectivity index is 1.76. The SMILES string of the molecule is O=C1[C@H]2CCC=C[C@@H]2[C@H](c2ccccc2Br)N1Cc1ccccc1. The number of benzene rings is 2. The Morgan fingerprint density at radius 2 is 1.79 bits per heavy atom. The van der Waals surface area contributed by atoms with Gasteiger partial charge in [0, 0.05) is 22.9 Å². The van der Waals surface area contributed by atoms with Gasteiger partial charge >= 0.3 is 0 Å². The Kier molecular flexibility index (Phi) is 4.28. The zero-order chi connectivity index (χ0) is 16.5. The topological polar surface area (TPSA) is 20.3 Å². The predicted octanol–water partition coefficient (Wildman–Crippen LogP) is 5.12. The largest absolute Gasteiger partial charge is 0.330 e. The van der Waals surface area contributed by atoms with Crippen LogP contribution in [0, 0.1) is 11.8 Å². The summed E-state index contributed by atoms with van der Waals surface area (Å²) >= 11 is 3.69. The fourth-order valence-electron chi connectivity index (χ4n) is 4.07. The van der Waals surface area contributed by atoms with Crippen LogP contribution in [0.2, 0.25) is 0 Å². The molecule has 1 saturated heterocycles. The second-order valence-corrected chi connectivity index (χ2v) is 7.46. The lowest BCUT2D eigenvalue weighted by atomic mass is 9.81. The lowest BCUT2D eigenvalue weighted by Gasteiger charge is -2.29. The maximum Gasteiger partial charge on any atom is 0.227 e. The second kappa shape index (κ2) is 6.56. The van der Waals surface area contributed by atoms with Crippen molar-refractivity contribution in [3.63, 3.8) is 0 Å². The number of amides is 1. The molecule has 3 heteroatoms. The first kappa shape index (κ1) is 15.6. The minimum absolute atomic E-state index is 0.106. The number of fused-ring (bicyclic) bond motifs is 1. The Morgan fingerprint density at radius 3 is 2.58 bits per heavy atom. The van der Waals surface area contributed by atoms with E-state index in [-0.39, 0.29) is 17.9 Å². The molecule has 0 spiro atoms. The summed E-state index contributed by atoms with van der Waals surface area (Å²) in [6.45, 7) is 0.673. The molecule has 2 aromatic carbocycles. The Morgan fingerprint density at radius 1 is 1.04 bits per heavy atom. The van der Waals surface area contributed by atoms with E-state index in [1.54, 1.807) is 0 Å².